The summed E-state index contributed by atoms with van der Waals surface area (Å²) in [5.74, 6) is 0. The van der Waals surface area contributed by atoms with Crippen molar-refractivity contribution in [1.29, 1.82) is 0 Å². The van der Waals surface area contributed by atoms with Crippen molar-refractivity contribution in [2.45, 2.75) is 63.9 Å². The topological polar surface area (TPSA) is 35.4 Å². The Balaban J connectivity index is 1.34. The van der Waals surface area contributed by atoms with E-state index < -0.39 is 0 Å². The number of aromatic nitrogens is 1. The van der Waals surface area contributed by atoms with Gasteiger partial charge in [-0.3, -0.25) is 0 Å². The van der Waals surface area contributed by atoms with Crippen molar-refractivity contribution in [1.82, 2.24) is 9.88 Å². The van der Waals surface area contributed by atoms with Crippen LogP contribution in [0, 0.1) is 0 Å². The molecule has 1 unspecified atom stereocenters. The van der Waals surface area contributed by atoms with E-state index >= 15 is 0 Å². The Morgan fingerprint density at radius 2 is 2.08 bits per heavy atom. The average molecular weight is 328 g/mol. The molecule has 1 aromatic carbocycles. The summed E-state index contributed by atoms with van der Waals surface area (Å²) in [7, 11) is 0. The van der Waals surface area contributed by atoms with Crippen molar-refractivity contribution in [2.75, 3.05) is 13.2 Å². The second-order valence-corrected chi connectivity index (χ2v) is 7.04. The molecule has 1 atom stereocenters. The fraction of sp³-hybridized carbons (Fsp3) is 0.600. The molecule has 4 rings (SSSR count). The van der Waals surface area contributed by atoms with Gasteiger partial charge in [-0.2, -0.15) is 0 Å². The first kappa shape index (κ1) is 16.1. The van der Waals surface area contributed by atoms with E-state index in [0.717, 1.165) is 45.2 Å². The molecule has 1 aliphatic carbocycles. The standard InChI is InChI=1S/C20H28N2O2/c1-2-7-19-18(6-1)16(14-21-17-9-10-17)15-22(19)11-5-13-24-20-8-3-4-12-23-20/h1-2,6-7,15,17,20-21H,3-5,8-14H2. The molecule has 0 bridgehead atoms. The largest absolute Gasteiger partial charge is 0.353 e. The fourth-order valence-corrected chi connectivity index (χ4v) is 3.48. The molecule has 4 heteroatoms. The lowest BCUT2D eigenvalue weighted by molar-refractivity contribution is -0.162. The Bertz CT molecular complexity index is 657. The SMILES string of the molecule is c1ccc2c(c1)c(CNC1CC1)cn2CCCOC1CCCCO1. The Morgan fingerprint density at radius 3 is 2.92 bits per heavy atom. The quantitative estimate of drug-likeness (QED) is 0.748. The molecule has 1 aromatic heterocycles. The zero-order chi connectivity index (χ0) is 16.2. The van der Waals surface area contributed by atoms with Crippen LogP contribution >= 0.6 is 0 Å². The fourth-order valence-electron chi connectivity index (χ4n) is 3.48. The van der Waals surface area contributed by atoms with E-state index in [4.69, 9.17) is 9.47 Å². The van der Waals surface area contributed by atoms with Crippen LogP contribution in [0.25, 0.3) is 10.9 Å². The highest BCUT2D eigenvalue weighted by atomic mass is 16.7. The van der Waals surface area contributed by atoms with Crippen LogP contribution in [0.2, 0.25) is 0 Å². The van der Waals surface area contributed by atoms with Crippen LogP contribution in [0.4, 0.5) is 0 Å². The summed E-state index contributed by atoms with van der Waals surface area (Å²) < 4.78 is 13.9. The Hall–Kier alpha value is -1.36. The molecular formula is C20H28N2O2. The van der Waals surface area contributed by atoms with Crippen LogP contribution in [0.15, 0.2) is 30.5 Å². The van der Waals surface area contributed by atoms with E-state index in [1.54, 1.807) is 0 Å². The third kappa shape index (κ3) is 4.00. The molecule has 0 radical (unpaired) electrons. The van der Waals surface area contributed by atoms with Crippen LogP contribution in [-0.2, 0) is 22.6 Å². The first-order valence-electron chi connectivity index (χ1n) is 9.43. The van der Waals surface area contributed by atoms with Crippen molar-refractivity contribution in [3.63, 3.8) is 0 Å². The smallest absolute Gasteiger partial charge is 0.157 e. The molecule has 1 saturated carbocycles. The van der Waals surface area contributed by atoms with Crippen LogP contribution in [0.3, 0.4) is 0 Å². The van der Waals surface area contributed by atoms with Gasteiger partial charge >= 0.3 is 0 Å². The predicted octanol–water partition coefficient (Wildman–Crippen LogP) is 3.83. The summed E-state index contributed by atoms with van der Waals surface area (Å²) in [6.07, 6.45) is 9.47. The minimum atomic E-state index is 0.0264. The maximum Gasteiger partial charge on any atom is 0.157 e. The third-order valence-electron chi connectivity index (χ3n) is 5.01. The maximum atomic E-state index is 5.86. The number of fused-ring (bicyclic) bond motifs is 1. The number of benzene rings is 1. The van der Waals surface area contributed by atoms with Gasteiger partial charge in [0.05, 0.1) is 6.61 Å². The minimum Gasteiger partial charge on any atom is -0.353 e. The van der Waals surface area contributed by atoms with E-state index in [0.29, 0.717) is 0 Å². The molecule has 2 aliphatic rings. The summed E-state index contributed by atoms with van der Waals surface area (Å²) in [5.41, 5.74) is 2.74. The number of ether oxygens (including phenoxy) is 2. The second kappa shape index (κ2) is 7.68. The van der Waals surface area contributed by atoms with Crippen LogP contribution in [0.5, 0.6) is 0 Å². The van der Waals surface area contributed by atoms with E-state index in [1.165, 1.54) is 42.1 Å². The van der Waals surface area contributed by atoms with E-state index in [-0.39, 0.29) is 6.29 Å². The summed E-state index contributed by atoms with van der Waals surface area (Å²) >= 11 is 0. The number of nitrogens with zero attached hydrogens (tertiary/aromatic N) is 1. The predicted molar refractivity (Wildman–Crippen MR) is 96.0 cm³/mol. The average Bonchev–Trinajstić information content (AvgIpc) is 3.40. The molecule has 0 amide bonds. The molecule has 2 heterocycles. The first-order valence-corrected chi connectivity index (χ1v) is 9.43. The van der Waals surface area contributed by atoms with Gasteiger partial charge in [0.25, 0.3) is 0 Å². The van der Waals surface area contributed by atoms with E-state index in [1.807, 2.05) is 0 Å². The highest BCUT2D eigenvalue weighted by molar-refractivity contribution is 5.83. The van der Waals surface area contributed by atoms with Gasteiger partial charge in [-0.1, -0.05) is 18.2 Å². The monoisotopic (exact) mass is 328 g/mol. The van der Waals surface area contributed by atoms with E-state index in [9.17, 15) is 0 Å². The molecule has 1 saturated heterocycles. The van der Waals surface area contributed by atoms with Gasteiger partial charge < -0.3 is 19.4 Å². The van der Waals surface area contributed by atoms with Crippen LogP contribution in [0.1, 0.15) is 44.1 Å². The normalized spacial score (nSPS) is 21.4. The Labute approximate surface area is 144 Å². The summed E-state index contributed by atoms with van der Waals surface area (Å²) in [5, 5.41) is 5.01. The Morgan fingerprint density at radius 1 is 1.17 bits per heavy atom. The van der Waals surface area contributed by atoms with Crippen molar-refractivity contribution in [3.8, 4) is 0 Å². The van der Waals surface area contributed by atoms with Gasteiger partial charge in [-0.05, 0) is 50.2 Å². The molecule has 4 nitrogen and oxygen atoms in total. The summed E-state index contributed by atoms with van der Waals surface area (Å²) in [6, 6.07) is 9.47. The zero-order valence-corrected chi connectivity index (χ0v) is 14.4. The lowest BCUT2D eigenvalue weighted by Crippen LogP contribution is -2.23. The highest BCUT2D eigenvalue weighted by Gasteiger charge is 2.21. The molecule has 2 fully saturated rings. The van der Waals surface area contributed by atoms with Crippen molar-refractivity contribution < 1.29 is 9.47 Å². The first-order chi connectivity index (χ1) is 11.9. The maximum absolute atomic E-state index is 5.86. The zero-order valence-electron chi connectivity index (χ0n) is 14.4. The highest BCUT2D eigenvalue weighted by Crippen LogP contribution is 2.24. The lowest BCUT2D eigenvalue weighted by Gasteiger charge is -2.22. The third-order valence-corrected chi connectivity index (χ3v) is 5.01. The van der Waals surface area contributed by atoms with Gasteiger partial charge in [0, 0.05) is 42.8 Å². The molecule has 1 N–H and O–H groups in total. The molecule has 24 heavy (non-hydrogen) atoms. The van der Waals surface area contributed by atoms with Crippen LogP contribution < -0.4 is 5.32 Å². The summed E-state index contributed by atoms with van der Waals surface area (Å²) in [6.45, 7) is 3.60. The number of nitrogens with one attached hydrogen (secondary N) is 1. The molecular weight excluding hydrogens is 300 g/mol. The van der Waals surface area contributed by atoms with Crippen molar-refractivity contribution in [3.05, 3.63) is 36.0 Å². The van der Waals surface area contributed by atoms with Crippen molar-refractivity contribution >= 4 is 10.9 Å². The Kier molecular flexibility index (Phi) is 5.16. The molecule has 0 spiro atoms. The number of hydrogen-bond acceptors (Lipinski definition) is 3. The van der Waals surface area contributed by atoms with Gasteiger partial charge in [-0.15, -0.1) is 0 Å². The number of aryl methyl sites for hydroxylation is 1. The van der Waals surface area contributed by atoms with Gasteiger partial charge in [0.2, 0.25) is 0 Å². The van der Waals surface area contributed by atoms with Crippen molar-refractivity contribution in [2.24, 2.45) is 0 Å². The van der Waals surface area contributed by atoms with Gasteiger partial charge in [0.15, 0.2) is 6.29 Å². The van der Waals surface area contributed by atoms with E-state index in [2.05, 4.69) is 40.3 Å². The minimum absolute atomic E-state index is 0.0264. The van der Waals surface area contributed by atoms with Crippen LogP contribution in [-0.4, -0.2) is 30.1 Å². The molecule has 130 valence electrons. The molecule has 1 aliphatic heterocycles. The number of para-hydroxylation sites is 1. The van der Waals surface area contributed by atoms with Gasteiger partial charge in [0.1, 0.15) is 0 Å². The summed E-state index contributed by atoms with van der Waals surface area (Å²) in [4.78, 5) is 0. The number of rotatable bonds is 8. The second-order valence-electron chi connectivity index (χ2n) is 7.04. The number of hydrogen-bond donors (Lipinski definition) is 1. The molecule has 2 aromatic rings. The van der Waals surface area contributed by atoms with Gasteiger partial charge in [-0.25, -0.2) is 0 Å². The lowest BCUT2D eigenvalue weighted by atomic mass is 10.2.